The van der Waals surface area contributed by atoms with Crippen molar-refractivity contribution in [3.8, 4) is 11.8 Å². The van der Waals surface area contributed by atoms with Crippen molar-refractivity contribution in [2.75, 3.05) is 7.11 Å². The number of aliphatic hydroxyl groups is 1. The number of hydrogen-bond acceptors (Lipinski definition) is 5. The third-order valence-electron chi connectivity index (χ3n) is 4.92. The molecule has 2 aromatic rings. The van der Waals surface area contributed by atoms with Crippen LogP contribution in [0.4, 0.5) is 0 Å². The molecule has 2 aromatic carbocycles. The molecule has 0 radical (unpaired) electrons. The highest BCUT2D eigenvalue weighted by Gasteiger charge is 2.55. The van der Waals surface area contributed by atoms with Crippen molar-refractivity contribution in [1.82, 2.24) is 5.32 Å². The summed E-state index contributed by atoms with van der Waals surface area (Å²) in [5.41, 5.74) is 4.41. The van der Waals surface area contributed by atoms with Gasteiger partial charge in [-0.25, -0.2) is 0 Å². The van der Waals surface area contributed by atoms with Gasteiger partial charge in [-0.05, 0) is 17.7 Å². The van der Waals surface area contributed by atoms with Crippen LogP contribution < -0.4 is 15.8 Å². The molecule has 3 rings (SSSR count). The lowest BCUT2D eigenvalue weighted by molar-refractivity contribution is -0.153. The van der Waals surface area contributed by atoms with E-state index in [1.54, 1.807) is 54.6 Å². The third-order valence-corrected chi connectivity index (χ3v) is 4.92. The Bertz CT molecular complexity index is 892. The minimum Gasteiger partial charge on any atom is -0.497 e. The summed E-state index contributed by atoms with van der Waals surface area (Å²) in [7, 11) is 1.52. The maximum absolute atomic E-state index is 12.7. The molecule has 7 heteroatoms. The van der Waals surface area contributed by atoms with Crippen LogP contribution in [0.3, 0.4) is 0 Å². The number of primary amides is 1. The van der Waals surface area contributed by atoms with E-state index in [4.69, 9.17) is 10.5 Å². The largest absolute Gasteiger partial charge is 0.497 e. The first kappa shape index (κ1) is 18.4. The van der Waals surface area contributed by atoms with Gasteiger partial charge in [-0.15, -0.1) is 0 Å². The van der Waals surface area contributed by atoms with Gasteiger partial charge in [-0.3, -0.25) is 9.59 Å². The maximum atomic E-state index is 12.7. The number of hydrogen-bond donors (Lipinski definition) is 3. The number of nitrogens with zero attached hydrogens (tertiary/aromatic N) is 1. The number of carbonyl (C=O) groups is 2. The number of ether oxygens (including phenoxy) is 1. The Morgan fingerprint density at radius 1 is 1.22 bits per heavy atom. The highest BCUT2D eigenvalue weighted by Crippen LogP contribution is 2.45. The van der Waals surface area contributed by atoms with Crippen LogP contribution in [-0.4, -0.2) is 24.0 Å². The Labute approximate surface area is 156 Å². The standard InChI is InChI=1S/C20H19N3O4/c1-27-14-9-7-12(8-10-14)16-15(11-21)20(26,13-5-3-2-4-6-13)23-19(25)17(16)18(22)24/h2-10,15-17,26H,1H3,(H2,22,24)(H,23,25)/t15-,16-,17-,20+/m0/s1. The van der Waals surface area contributed by atoms with Crippen molar-refractivity contribution in [2.24, 2.45) is 17.6 Å². The van der Waals surface area contributed by atoms with Crippen LogP contribution in [-0.2, 0) is 15.3 Å². The number of nitrogens with one attached hydrogen (secondary N) is 1. The van der Waals surface area contributed by atoms with E-state index in [0.717, 1.165) is 0 Å². The summed E-state index contributed by atoms with van der Waals surface area (Å²) < 4.78 is 5.13. The van der Waals surface area contributed by atoms with Crippen LogP contribution >= 0.6 is 0 Å². The molecule has 1 saturated heterocycles. The van der Waals surface area contributed by atoms with Gasteiger partial charge < -0.3 is 20.9 Å². The lowest BCUT2D eigenvalue weighted by Crippen LogP contribution is -2.62. The number of benzene rings is 2. The molecular formula is C20H19N3O4. The molecule has 1 aliphatic rings. The minimum atomic E-state index is -1.95. The van der Waals surface area contributed by atoms with Crippen molar-refractivity contribution in [2.45, 2.75) is 11.6 Å². The molecule has 27 heavy (non-hydrogen) atoms. The summed E-state index contributed by atoms with van der Waals surface area (Å²) in [6, 6.07) is 17.1. The summed E-state index contributed by atoms with van der Waals surface area (Å²) in [5, 5.41) is 23.6. The second-order valence-electron chi connectivity index (χ2n) is 6.41. The van der Waals surface area contributed by atoms with Crippen LogP contribution in [0.25, 0.3) is 0 Å². The van der Waals surface area contributed by atoms with Gasteiger partial charge in [-0.1, -0.05) is 42.5 Å². The number of carbonyl (C=O) groups excluding carboxylic acids is 2. The van der Waals surface area contributed by atoms with Crippen LogP contribution in [0.2, 0.25) is 0 Å². The van der Waals surface area contributed by atoms with Gasteiger partial charge in [0.1, 0.15) is 17.6 Å². The number of rotatable bonds is 4. The lowest BCUT2D eigenvalue weighted by Gasteiger charge is -2.44. The minimum absolute atomic E-state index is 0.353. The van der Waals surface area contributed by atoms with Gasteiger partial charge in [0.25, 0.3) is 0 Å². The fourth-order valence-corrected chi connectivity index (χ4v) is 3.59. The van der Waals surface area contributed by atoms with Crippen molar-refractivity contribution in [3.63, 3.8) is 0 Å². The number of nitrogens with two attached hydrogens (primary N) is 1. The molecule has 1 heterocycles. The number of methoxy groups -OCH3 is 1. The van der Waals surface area contributed by atoms with Gasteiger partial charge in [0.05, 0.1) is 13.2 Å². The molecule has 4 N–H and O–H groups in total. The Morgan fingerprint density at radius 3 is 2.37 bits per heavy atom. The van der Waals surface area contributed by atoms with Crippen LogP contribution in [0.5, 0.6) is 5.75 Å². The van der Waals surface area contributed by atoms with E-state index in [0.29, 0.717) is 16.9 Å². The summed E-state index contributed by atoms with van der Waals surface area (Å²) in [6.45, 7) is 0. The molecule has 0 unspecified atom stereocenters. The highest BCUT2D eigenvalue weighted by atomic mass is 16.5. The van der Waals surface area contributed by atoms with Crippen molar-refractivity contribution < 1.29 is 19.4 Å². The zero-order chi connectivity index (χ0) is 19.6. The molecule has 0 spiro atoms. The van der Waals surface area contributed by atoms with E-state index < -0.39 is 35.3 Å². The fourth-order valence-electron chi connectivity index (χ4n) is 3.59. The van der Waals surface area contributed by atoms with Gasteiger partial charge in [0, 0.05) is 11.5 Å². The first-order chi connectivity index (χ1) is 12.9. The highest BCUT2D eigenvalue weighted by molar-refractivity contribution is 6.01. The molecule has 0 aliphatic carbocycles. The van der Waals surface area contributed by atoms with Gasteiger partial charge >= 0.3 is 0 Å². The molecule has 0 bridgehead atoms. The lowest BCUT2D eigenvalue weighted by atomic mass is 9.67. The summed E-state index contributed by atoms with van der Waals surface area (Å²) >= 11 is 0. The molecule has 2 amide bonds. The van der Waals surface area contributed by atoms with Gasteiger partial charge in [0.15, 0.2) is 5.72 Å². The smallest absolute Gasteiger partial charge is 0.235 e. The molecule has 0 saturated carbocycles. The number of amides is 2. The zero-order valence-electron chi connectivity index (χ0n) is 14.6. The molecule has 138 valence electrons. The second-order valence-corrected chi connectivity index (χ2v) is 6.41. The topological polar surface area (TPSA) is 125 Å². The average Bonchev–Trinajstić information content (AvgIpc) is 2.68. The summed E-state index contributed by atoms with van der Waals surface area (Å²) in [6.07, 6.45) is 0. The number of nitriles is 1. The van der Waals surface area contributed by atoms with E-state index in [-0.39, 0.29) is 0 Å². The molecule has 1 aliphatic heterocycles. The molecule has 1 fully saturated rings. The number of piperidine rings is 1. The molecule has 4 atom stereocenters. The predicted molar refractivity (Wildman–Crippen MR) is 96.0 cm³/mol. The van der Waals surface area contributed by atoms with E-state index >= 15 is 0 Å². The Balaban J connectivity index is 2.16. The summed E-state index contributed by atoms with van der Waals surface area (Å²) in [4.78, 5) is 24.7. The fraction of sp³-hybridized carbons (Fsp3) is 0.250. The van der Waals surface area contributed by atoms with Crippen LogP contribution in [0.1, 0.15) is 17.0 Å². The second kappa shape index (κ2) is 7.09. The molecular weight excluding hydrogens is 346 g/mol. The van der Waals surface area contributed by atoms with Crippen molar-refractivity contribution >= 4 is 11.8 Å². The van der Waals surface area contributed by atoms with Gasteiger partial charge in [-0.2, -0.15) is 5.26 Å². The normalized spacial score (nSPS) is 27.3. The zero-order valence-corrected chi connectivity index (χ0v) is 14.6. The van der Waals surface area contributed by atoms with E-state index in [1.807, 2.05) is 0 Å². The Hall–Kier alpha value is -3.37. The average molecular weight is 365 g/mol. The van der Waals surface area contributed by atoms with Crippen molar-refractivity contribution in [1.29, 1.82) is 5.26 Å². The molecule has 0 aromatic heterocycles. The first-order valence-electron chi connectivity index (χ1n) is 8.35. The third kappa shape index (κ3) is 3.11. The predicted octanol–water partition coefficient (Wildman–Crippen LogP) is 0.995. The summed E-state index contributed by atoms with van der Waals surface area (Å²) in [5.74, 6) is -4.33. The van der Waals surface area contributed by atoms with Crippen LogP contribution in [0.15, 0.2) is 54.6 Å². The molecule has 7 nitrogen and oxygen atoms in total. The van der Waals surface area contributed by atoms with E-state index in [1.165, 1.54) is 7.11 Å². The SMILES string of the molecule is COc1ccc([C@@H]2[C@@H](C(N)=O)C(=O)N[C@@](O)(c3ccccc3)[C@H]2C#N)cc1. The first-order valence-corrected chi connectivity index (χ1v) is 8.35. The Kier molecular flexibility index (Phi) is 4.84. The van der Waals surface area contributed by atoms with Gasteiger partial charge in [0.2, 0.25) is 11.8 Å². The monoisotopic (exact) mass is 365 g/mol. The van der Waals surface area contributed by atoms with E-state index in [2.05, 4.69) is 11.4 Å². The van der Waals surface area contributed by atoms with E-state index in [9.17, 15) is 20.0 Å². The Morgan fingerprint density at radius 2 is 1.85 bits per heavy atom. The maximum Gasteiger partial charge on any atom is 0.235 e. The quantitative estimate of drug-likeness (QED) is 0.697. The van der Waals surface area contributed by atoms with Crippen molar-refractivity contribution in [3.05, 3.63) is 65.7 Å². The van der Waals surface area contributed by atoms with Crippen LogP contribution in [0, 0.1) is 23.2 Å².